The van der Waals surface area contributed by atoms with Gasteiger partial charge in [-0.3, -0.25) is 14.2 Å². The lowest BCUT2D eigenvalue weighted by Crippen LogP contribution is -2.37. The quantitative estimate of drug-likeness (QED) is 0.0195. The molecule has 0 saturated heterocycles. The molecular formula is C66H130NO8P. The molecule has 0 aromatic heterocycles. The maximum absolute atomic E-state index is 12.8. The number of carbonyl (C=O) groups is 2. The SMILES string of the molecule is CCCCCCCCCC/C=C\CCCCCCCCCCCCCCCCCCCCCCCCCCCC(=O)OC(COC(=O)CCCCCCCCCCCCCCCCC)COP(=O)([O-])OCC[N+](C)(C)C. The van der Waals surface area contributed by atoms with Gasteiger partial charge >= 0.3 is 11.9 Å². The lowest BCUT2D eigenvalue weighted by molar-refractivity contribution is -0.870. The van der Waals surface area contributed by atoms with Crippen molar-refractivity contribution in [1.82, 2.24) is 0 Å². The summed E-state index contributed by atoms with van der Waals surface area (Å²) in [5, 5.41) is 0. The predicted octanol–water partition coefficient (Wildman–Crippen LogP) is 20.5. The molecule has 0 saturated carbocycles. The minimum atomic E-state index is -4.63. The highest BCUT2D eigenvalue weighted by molar-refractivity contribution is 7.45. The summed E-state index contributed by atoms with van der Waals surface area (Å²) in [5.41, 5.74) is 0. The maximum Gasteiger partial charge on any atom is 0.306 e. The van der Waals surface area contributed by atoms with Gasteiger partial charge in [0.25, 0.3) is 7.82 Å². The zero-order valence-electron chi connectivity index (χ0n) is 51.5. The zero-order chi connectivity index (χ0) is 55.6. The standard InChI is InChI=1S/C66H130NO8P/c1-6-8-10-12-14-16-18-20-22-23-24-25-26-27-28-29-30-31-32-33-34-35-36-37-38-39-40-41-42-43-45-47-49-51-53-55-57-59-66(69)75-64(63-74-76(70,71)73-61-60-67(3,4)5)62-72-65(68)58-56-54-52-50-48-46-44-21-19-17-15-13-11-9-7-2/h23-24,64H,6-22,25-63H2,1-5H3/b24-23-. The zero-order valence-corrected chi connectivity index (χ0v) is 52.4. The molecule has 0 heterocycles. The number of phosphoric ester groups is 1. The van der Waals surface area contributed by atoms with Crippen molar-refractivity contribution in [3.63, 3.8) is 0 Å². The number of rotatable bonds is 63. The van der Waals surface area contributed by atoms with E-state index in [2.05, 4.69) is 26.0 Å². The van der Waals surface area contributed by atoms with Gasteiger partial charge in [0.2, 0.25) is 0 Å². The number of nitrogens with zero attached hydrogens (tertiary/aromatic N) is 1. The largest absolute Gasteiger partial charge is 0.756 e. The lowest BCUT2D eigenvalue weighted by Gasteiger charge is -2.28. The van der Waals surface area contributed by atoms with Crippen LogP contribution < -0.4 is 4.89 Å². The van der Waals surface area contributed by atoms with E-state index in [1.165, 1.54) is 283 Å². The first kappa shape index (κ1) is 74.8. The van der Waals surface area contributed by atoms with Crippen LogP contribution in [0.3, 0.4) is 0 Å². The number of esters is 2. The molecule has 9 nitrogen and oxygen atoms in total. The van der Waals surface area contributed by atoms with Crippen molar-refractivity contribution in [2.75, 3.05) is 47.5 Å². The number of phosphoric acid groups is 1. The summed E-state index contributed by atoms with van der Waals surface area (Å²) in [6.45, 7) is 4.30. The summed E-state index contributed by atoms with van der Waals surface area (Å²) in [4.78, 5) is 37.9. The fourth-order valence-corrected chi connectivity index (χ4v) is 10.9. The van der Waals surface area contributed by atoms with Gasteiger partial charge in [-0.1, -0.05) is 309 Å². The molecular weight excluding hydrogens is 966 g/mol. The van der Waals surface area contributed by atoms with Crippen LogP contribution in [-0.4, -0.2) is 70.0 Å². The molecule has 76 heavy (non-hydrogen) atoms. The number of quaternary nitrogens is 1. The average Bonchev–Trinajstić information content (AvgIpc) is 3.38. The minimum absolute atomic E-state index is 0.0258. The fraction of sp³-hybridized carbons (Fsp3) is 0.939. The molecule has 0 radical (unpaired) electrons. The highest BCUT2D eigenvalue weighted by Crippen LogP contribution is 2.38. The highest BCUT2D eigenvalue weighted by Gasteiger charge is 2.22. The lowest BCUT2D eigenvalue weighted by atomic mass is 10.0. The normalized spacial score (nSPS) is 13.2. The molecule has 0 amide bonds. The summed E-state index contributed by atoms with van der Waals surface area (Å²) < 4.78 is 34.2. The molecule has 0 aliphatic heterocycles. The van der Waals surface area contributed by atoms with E-state index in [4.69, 9.17) is 18.5 Å². The number of hydrogen-bond acceptors (Lipinski definition) is 8. The van der Waals surface area contributed by atoms with E-state index < -0.39 is 26.5 Å². The van der Waals surface area contributed by atoms with Gasteiger partial charge in [-0.15, -0.1) is 0 Å². The van der Waals surface area contributed by atoms with Crippen molar-refractivity contribution in [2.24, 2.45) is 0 Å². The van der Waals surface area contributed by atoms with E-state index >= 15 is 0 Å². The first-order valence-electron chi connectivity index (χ1n) is 33.4. The first-order valence-corrected chi connectivity index (χ1v) is 34.9. The van der Waals surface area contributed by atoms with Crippen LogP contribution in [0.4, 0.5) is 0 Å². The molecule has 2 atom stereocenters. The Morgan fingerprint density at radius 2 is 0.671 bits per heavy atom. The van der Waals surface area contributed by atoms with Gasteiger partial charge in [-0.05, 0) is 38.5 Å². The highest BCUT2D eigenvalue weighted by atomic mass is 31.2. The molecule has 0 rings (SSSR count). The van der Waals surface area contributed by atoms with Crippen LogP contribution in [0.1, 0.15) is 348 Å². The Labute approximate surface area is 473 Å². The third-order valence-corrected chi connectivity index (χ3v) is 16.2. The summed E-state index contributed by atoms with van der Waals surface area (Å²) in [6, 6.07) is 0. The van der Waals surface area contributed by atoms with Crippen LogP contribution in [0.15, 0.2) is 12.2 Å². The number of allylic oxidation sites excluding steroid dienone is 2. The number of likely N-dealkylation sites (N-methyl/N-ethyl adjacent to an activating group) is 1. The Kier molecular flexibility index (Phi) is 57.4. The number of unbranched alkanes of at least 4 members (excludes halogenated alkanes) is 47. The molecule has 0 aromatic carbocycles. The van der Waals surface area contributed by atoms with Crippen molar-refractivity contribution in [3.8, 4) is 0 Å². The van der Waals surface area contributed by atoms with E-state index in [0.717, 1.165) is 32.1 Å². The third kappa shape index (κ3) is 62.0. The fourth-order valence-electron chi connectivity index (χ4n) is 10.1. The molecule has 0 aliphatic carbocycles. The average molecular weight is 1100 g/mol. The molecule has 0 aromatic rings. The summed E-state index contributed by atoms with van der Waals surface area (Å²) in [7, 11) is 1.19. The Balaban J connectivity index is 3.88. The smallest absolute Gasteiger partial charge is 0.306 e. The molecule has 0 fully saturated rings. The van der Waals surface area contributed by atoms with Gasteiger partial charge in [-0.2, -0.15) is 0 Å². The summed E-state index contributed by atoms with van der Waals surface area (Å²) >= 11 is 0. The molecule has 0 bridgehead atoms. The summed E-state index contributed by atoms with van der Waals surface area (Å²) in [6.07, 6.45) is 70.2. The van der Waals surface area contributed by atoms with Crippen molar-refractivity contribution in [3.05, 3.63) is 12.2 Å². The van der Waals surface area contributed by atoms with Crippen LogP contribution in [0.5, 0.6) is 0 Å². The van der Waals surface area contributed by atoms with Crippen molar-refractivity contribution >= 4 is 19.8 Å². The van der Waals surface area contributed by atoms with E-state index in [1.54, 1.807) is 0 Å². The van der Waals surface area contributed by atoms with E-state index in [9.17, 15) is 19.0 Å². The van der Waals surface area contributed by atoms with E-state index in [1.807, 2.05) is 21.1 Å². The molecule has 0 N–H and O–H groups in total. The Bertz CT molecular complexity index is 1290. The predicted molar refractivity (Wildman–Crippen MR) is 324 cm³/mol. The topological polar surface area (TPSA) is 111 Å². The second kappa shape index (κ2) is 58.4. The molecule has 0 spiro atoms. The van der Waals surface area contributed by atoms with Crippen LogP contribution in [0.25, 0.3) is 0 Å². The monoisotopic (exact) mass is 1100 g/mol. The first-order chi connectivity index (χ1) is 37.0. The number of hydrogen-bond donors (Lipinski definition) is 0. The molecule has 0 aliphatic rings. The van der Waals surface area contributed by atoms with Crippen LogP contribution in [-0.2, 0) is 32.7 Å². The minimum Gasteiger partial charge on any atom is -0.756 e. The van der Waals surface area contributed by atoms with Crippen molar-refractivity contribution in [2.45, 2.75) is 354 Å². The van der Waals surface area contributed by atoms with E-state index in [-0.39, 0.29) is 32.0 Å². The van der Waals surface area contributed by atoms with Crippen LogP contribution in [0, 0.1) is 0 Å². The van der Waals surface area contributed by atoms with Crippen molar-refractivity contribution in [1.29, 1.82) is 0 Å². The molecule has 452 valence electrons. The van der Waals surface area contributed by atoms with Crippen LogP contribution >= 0.6 is 7.82 Å². The molecule has 2 unspecified atom stereocenters. The Hall–Kier alpha value is -1.25. The van der Waals surface area contributed by atoms with Gasteiger partial charge in [0.15, 0.2) is 6.10 Å². The van der Waals surface area contributed by atoms with Gasteiger partial charge < -0.3 is 27.9 Å². The maximum atomic E-state index is 12.8. The Morgan fingerprint density at radius 1 is 0.395 bits per heavy atom. The molecule has 10 heteroatoms. The van der Waals surface area contributed by atoms with Gasteiger partial charge in [-0.25, -0.2) is 0 Å². The second-order valence-corrected chi connectivity index (χ2v) is 25.6. The third-order valence-electron chi connectivity index (χ3n) is 15.3. The van der Waals surface area contributed by atoms with Gasteiger partial charge in [0.1, 0.15) is 19.8 Å². The van der Waals surface area contributed by atoms with Gasteiger partial charge in [0.05, 0.1) is 27.7 Å². The Morgan fingerprint density at radius 3 is 0.974 bits per heavy atom. The van der Waals surface area contributed by atoms with Crippen molar-refractivity contribution < 1.29 is 42.1 Å². The number of carbonyl (C=O) groups excluding carboxylic acids is 2. The second-order valence-electron chi connectivity index (χ2n) is 24.2. The number of ether oxygens (including phenoxy) is 2. The van der Waals surface area contributed by atoms with Gasteiger partial charge in [0, 0.05) is 12.8 Å². The van der Waals surface area contributed by atoms with Crippen LogP contribution in [0.2, 0.25) is 0 Å². The summed E-state index contributed by atoms with van der Waals surface area (Å²) in [5.74, 6) is -0.810. The van der Waals surface area contributed by atoms with E-state index in [0.29, 0.717) is 17.4 Å².